The summed E-state index contributed by atoms with van der Waals surface area (Å²) in [4.78, 5) is 11.7. The number of benzene rings is 1. The summed E-state index contributed by atoms with van der Waals surface area (Å²) in [6, 6.07) is 6.15. The van der Waals surface area contributed by atoms with E-state index in [-0.39, 0.29) is 18.6 Å². The molecule has 1 aromatic rings. The summed E-state index contributed by atoms with van der Waals surface area (Å²) in [5.41, 5.74) is 3.89. The highest BCUT2D eigenvalue weighted by atomic mass is 16.3. The molecule has 2 N–H and O–H groups in total. The SMILES string of the molecule is C[C@@H](CO)NC(=O)Cc1ccc2c(c1)CCC2. The topological polar surface area (TPSA) is 49.3 Å². The molecule has 1 amide bonds. The second-order valence-electron chi connectivity index (χ2n) is 4.78. The number of hydrogen-bond acceptors (Lipinski definition) is 2. The minimum absolute atomic E-state index is 0.0179. The molecule has 1 aromatic carbocycles. The number of hydrogen-bond donors (Lipinski definition) is 2. The second-order valence-corrected chi connectivity index (χ2v) is 4.78. The molecule has 3 heteroatoms. The summed E-state index contributed by atoms with van der Waals surface area (Å²) in [5.74, 6) is -0.0236. The first-order valence-corrected chi connectivity index (χ1v) is 6.20. The molecule has 3 nitrogen and oxygen atoms in total. The monoisotopic (exact) mass is 233 g/mol. The van der Waals surface area contributed by atoms with Crippen molar-refractivity contribution in [1.29, 1.82) is 0 Å². The van der Waals surface area contributed by atoms with Crippen LogP contribution in [0.4, 0.5) is 0 Å². The Morgan fingerprint density at radius 1 is 1.41 bits per heavy atom. The minimum atomic E-state index is -0.170. The van der Waals surface area contributed by atoms with Crippen LogP contribution in [0.5, 0.6) is 0 Å². The van der Waals surface area contributed by atoms with Gasteiger partial charge in [0, 0.05) is 6.04 Å². The summed E-state index contributed by atoms with van der Waals surface area (Å²) in [6.45, 7) is 1.77. The lowest BCUT2D eigenvalue weighted by Crippen LogP contribution is -2.36. The Bertz CT molecular complexity index is 415. The Balaban J connectivity index is 1.97. The Kier molecular flexibility index (Phi) is 3.79. The molecule has 0 unspecified atom stereocenters. The van der Waals surface area contributed by atoms with Crippen LogP contribution >= 0.6 is 0 Å². The third kappa shape index (κ3) is 3.07. The molecule has 92 valence electrons. The van der Waals surface area contributed by atoms with E-state index in [1.165, 1.54) is 24.0 Å². The molecule has 0 radical (unpaired) electrons. The molecule has 0 saturated carbocycles. The van der Waals surface area contributed by atoms with E-state index in [0.717, 1.165) is 12.0 Å². The van der Waals surface area contributed by atoms with E-state index >= 15 is 0 Å². The maximum Gasteiger partial charge on any atom is 0.224 e. The summed E-state index contributed by atoms with van der Waals surface area (Å²) in [5, 5.41) is 11.6. The lowest BCUT2D eigenvalue weighted by Gasteiger charge is -2.11. The fraction of sp³-hybridized carbons (Fsp3) is 0.500. The van der Waals surface area contributed by atoms with Crippen LogP contribution in [0.3, 0.4) is 0 Å². The maximum atomic E-state index is 11.7. The minimum Gasteiger partial charge on any atom is -0.394 e. The largest absolute Gasteiger partial charge is 0.394 e. The molecular weight excluding hydrogens is 214 g/mol. The van der Waals surface area contributed by atoms with Crippen LogP contribution in [0.2, 0.25) is 0 Å². The molecule has 0 heterocycles. The Labute approximate surface area is 102 Å². The van der Waals surface area contributed by atoms with Gasteiger partial charge in [-0.05, 0) is 42.9 Å². The summed E-state index contributed by atoms with van der Waals surface area (Å²) in [7, 11) is 0. The Morgan fingerprint density at radius 2 is 2.18 bits per heavy atom. The molecule has 1 aliphatic rings. The van der Waals surface area contributed by atoms with Crippen molar-refractivity contribution in [3.63, 3.8) is 0 Å². The van der Waals surface area contributed by atoms with Gasteiger partial charge in [0.2, 0.25) is 5.91 Å². The van der Waals surface area contributed by atoms with Gasteiger partial charge in [0.05, 0.1) is 13.0 Å². The summed E-state index contributed by atoms with van der Waals surface area (Å²) in [6.07, 6.45) is 3.94. The van der Waals surface area contributed by atoms with E-state index in [0.29, 0.717) is 6.42 Å². The fourth-order valence-corrected chi connectivity index (χ4v) is 2.29. The van der Waals surface area contributed by atoms with Crippen molar-refractivity contribution in [1.82, 2.24) is 5.32 Å². The van der Waals surface area contributed by atoms with Crippen LogP contribution in [0.15, 0.2) is 18.2 Å². The van der Waals surface area contributed by atoms with Crippen molar-refractivity contribution in [3.05, 3.63) is 34.9 Å². The van der Waals surface area contributed by atoms with Gasteiger partial charge in [-0.2, -0.15) is 0 Å². The van der Waals surface area contributed by atoms with E-state index in [2.05, 4.69) is 17.4 Å². The zero-order chi connectivity index (χ0) is 12.3. The molecule has 0 saturated heterocycles. The second kappa shape index (κ2) is 5.32. The van der Waals surface area contributed by atoms with E-state index in [9.17, 15) is 4.79 Å². The number of aryl methyl sites for hydroxylation is 2. The number of carbonyl (C=O) groups excluding carboxylic acids is 1. The summed E-state index contributed by atoms with van der Waals surface area (Å²) < 4.78 is 0. The molecule has 2 rings (SSSR count). The number of nitrogens with one attached hydrogen (secondary N) is 1. The van der Waals surface area contributed by atoms with Crippen LogP contribution in [0.25, 0.3) is 0 Å². The number of amides is 1. The van der Waals surface area contributed by atoms with Crippen molar-refractivity contribution in [2.24, 2.45) is 0 Å². The van der Waals surface area contributed by atoms with Gasteiger partial charge in [-0.15, -0.1) is 0 Å². The number of aliphatic hydroxyl groups excluding tert-OH is 1. The average molecular weight is 233 g/mol. The molecule has 0 spiro atoms. The van der Waals surface area contributed by atoms with Crippen LogP contribution < -0.4 is 5.32 Å². The van der Waals surface area contributed by atoms with Gasteiger partial charge >= 0.3 is 0 Å². The molecule has 1 aliphatic carbocycles. The zero-order valence-corrected chi connectivity index (χ0v) is 10.2. The predicted molar refractivity (Wildman–Crippen MR) is 66.9 cm³/mol. The first-order valence-electron chi connectivity index (χ1n) is 6.20. The number of fused-ring (bicyclic) bond motifs is 1. The zero-order valence-electron chi connectivity index (χ0n) is 10.2. The van der Waals surface area contributed by atoms with E-state index in [1.807, 2.05) is 6.07 Å². The van der Waals surface area contributed by atoms with Gasteiger partial charge in [-0.1, -0.05) is 18.2 Å². The van der Waals surface area contributed by atoms with E-state index in [4.69, 9.17) is 5.11 Å². The van der Waals surface area contributed by atoms with Crippen LogP contribution in [0.1, 0.15) is 30.0 Å². The molecule has 0 aliphatic heterocycles. The lowest BCUT2D eigenvalue weighted by atomic mass is 10.0. The van der Waals surface area contributed by atoms with Gasteiger partial charge in [-0.3, -0.25) is 4.79 Å². The van der Waals surface area contributed by atoms with Crippen LogP contribution in [-0.2, 0) is 24.1 Å². The molecule has 17 heavy (non-hydrogen) atoms. The van der Waals surface area contributed by atoms with Crippen molar-refractivity contribution in [2.75, 3.05) is 6.61 Å². The highest BCUT2D eigenvalue weighted by Crippen LogP contribution is 2.22. The maximum absolute atomic E-state index is 11.7. The molecule has 1 atom stereocenters. The first-order chi connectivity index (χ1) is 8.19. The summed E-state index contributed by atoms with van der Waals surface area (Å²) >= 11 is 0. The Morgan fingerprint density at radius 3 is 2.94 bits per heavy atom. The van der Waals surface area contributed by atoms with Crippen molar-refractivity contribution in [2.45, 2.75) is 38.6 Å². The van der Waals surface area contributed by atoms with Gasteiger partial charge in [0.25, 0.3) is 0 Å². The fourth-order valence-electron chi connectivity index (χ4n) is 2.29. The third-order valence-electron chi connectivity index (χ3n) is 3.21. The standard InChI is InChI=1S/C14H19NO2/c1-10(9-16)15-14(17)8-11-5-6-12-3-2-4-13(12)7-11/h5-7,10,16H,2-4,8-9H2,1H3,(H,15,17)/t10-/m0/s1. The number of carbonyl (C=O) groups is 1. The Hall–Kier alpha value is -1.35. The van der Waals surface area contributed by atoms with E-state index in [1.54, 1.807) is 6.92 Å². The highest BCUT2D eigenvalue weighted by molar-refractivity contribution is 5.78. The first kappa shape index (κ1) is 12.1. The number of rotatable bonds is 4. The smallest absolute Gasteiger partial charge is 0.224 e. The van der Waals surface area contributed by atoms with Crippen LogP contribution in [0, 0.1) is 0 Å². The predicted octanol–water partition coefficient (Wildman–Crippen LogP) is 1.21. The van der Waals surface area contributed by atoms with Gasteiger partial charge in [0.1, 0.15) is 0 Å². The molecule has 0 aromatic heterocycles. The number of aliphatic hydroxyl groups is 1. The van der Waals surface area contributed by atoms with Gasteiger partial charge in [-0.25, -0.2) is 0 Å². The molecule has 0 fully saturated rings. The lowest BCUT2D eigenvalue weighted by molar-refractivity contribution is -0.121. The van der Waals surface area contributed by atoms with Gasteiger partial charge < -0.3 is 10.4 Å². The van der Waals surface area contributed by atoms with E-state index < -0.39 is 0 Å². The normalized spacial score (nSPS) is 15.4. The highest BCUT2D eigenvalue weighted by Gasteiger charge is 2.12. The van der Waals surface area contributed by atoms with Crippen LogP contribution in [-0.4, -0.2) is 23.7 Å². The quantitative estimate of drug-likeness (QED) is 0.821. The van der Waals surface area contributed by atoms with Crippen molar-refractivity contribution in [3.8, 4) is 0 Å². The molecular formula is C14H19NO2. The molecule has 0 bridgehead atoms. The average Bonchev–Trinajstić information content (AvgIpc) is 2.75. The van der Waals surface area contributed by atoms with Gasteiger partial charge in [0.15, 0.2) is 0 Å². The van der Waals surface area contributed by atoms with Crippen molar-refractivity contribution < 1.29 is 9.90 Å². The van der Waals surface area contributed by atoms with Crippen molar-refractivity contribution >= 4 is 5.91 Å². The third-order valence-corrected chi connectivity index (χ3v) is 3.21.